The minimum atomic E-state index is -0.448. The number of nitrogens with one attached hydrogen (secondary N) is 4. The number of nitrogens with zero attached hydrogens (tertiary/aromatic N) is 1. The van der Waals surface area contributed by atoms with Gasteiger partial charge in [0.15, 0.2) is 0 Å². The smallest absolute Gasteiger partial charge is 0.411 e. The lowest BCUT2D eigenvalue weighted by Crippen LogP contribution is -2.40. The number of para-hydroxylation sites is 1. The van der Waals surface area contributed by atoms with Gasteiger partial charge in [-0.1, -0.05) is 67.1 Å². The lowest BCUT2D eigenvalue weighted by Gasteiger charge is -2.31. The second-order valence-corrected chi connectivity index (χ2v) is 13.1. The van der Waals surface area contributed by atoms with Crippen LogP contribution in [0.4, 0.5) is 10.5 Å². The molecule has 1 aliphatic rings. The number of amides is 3. The Bertz CT molecular complexity index is 1660. The van der Waals surface area contributed by atoms with Crippen LogP contribution in [0.15, 0.2) is 102 Å². The standard InChI is InChI=1S/C41H51N5O6/c47-33-17-15-32(16-18-33)37(19-20-39(48)44-30-35-12-9-29-51-35)42-24-7-2-8-25-43-40(49)23-28-46-26-21-34(22-27-46)52-41(50)45-38-14-6-5-13-36(38)31-10-3-1-4-11-31/h1,3-6,9-18,29,34,37,42,47H,2,7-8,19-28,30H2,(H,43,49)(H,44,48)(H,45,50). The molecule has 11 heteroatoms. The Hall–Kier alpha value is -5.13. The number of carbonyl (C=O) groups is 3. The molecule has 0 saturated carbocycles. The minimum absolute atomic E-state index is 0.0223. The summed E-state index contributed by atoms with van der Waals surface area (Å²) in [5.74, 6) is 0.924. The fourth-order valence-electron chi connectivity index (χ4n) is 6.34. The predicted molar refractivity (Wildman–Crippen MR) is 202 cm³/mol. The van der Waals surface area contributed by atoms with Crippen molar-refractivity contribution in [3.8, 4) is 16.9 Å². The van der Waals surface area contributed by atoms with E-state index < -0.39 is 6.09 Å². The Morgan fingerprint density at radius 2 is 1.54 bits per heavy atom. The monoisotopic (exact) mass is 709 g/mol. The second kappa shape index (κ2) is 20.7. The van der Waals surface area contributed by atoms with Crippen molar-refractivity contribution in [3.63, 3.8) is 0 Å². The van der Waals surface area contributed by atoms with Gasteiger partial charge in [-0.3, -0.25) is 14.9 Å². The van der Waals surface area contributed by atoms with Crippen LogP contribution in [0.25, 0.3) is 11.1 Å². The van der Waals surface area contributed by atoms with Crippen LogP contribution in [0, 0.1) is 0 Å². The zero-order valence-corrected chi connectivity index (χ0v) is 29.7. The molecule has 1 aliphatic heterocycles. The van der Waals surface area contributed by atoms with Crippen molar-refractivity contribution in [3.05, 3.63) is 109 Å². The van der Waals surface area contributed by atoms with Crippen LogP contribution in [-0.2, 0) is 20.9 Å². The molecular formula is C41H51N5O6. The van der Waals surface area contributed by atoms with Crippen molar-refractivity contribution in [1.82, 2.24) is 20.9 Å². The lowest BCUT2D eigenvalue weighted by atomic mass is 10.0. The largest absolute Gasteiger partial charge is 0.508 e. The van der Waals surface area contributed by atoms with Gasteiger partial charge in [0.25, 0.3) is 0 Å². The fraction of sp³-hybridized carbons (Fsp3) is 0.390. The molecule has 1 unspecified atom stereocenters. The van der Waals surface area contributed by atoms with Crippen molar-refractivity contribution >= 4 is 23.6 Å². The van der Waals surface area contributed by atoms with E-state index >= 15 is 0 Å². The molecule has 52 heavy (non-hydrogen) atoms. The Morgan fingerprint density at radius 1 is 0.808 bits per heavy atom. The van der Waals surface area contributed by atoms with Crippen molar-refractivity contribution in [2.45, 2.75) is 70.1 Å². The van der Waals surface area contributed by atoms with E-state index in [4.69, 9.17) is 9.15 Å². The number of hydrogen-bond acceptors (Lipinski definition) is 8. The summed E-state index contributed by atoms with van der Waals surface area (Å²) < 4.78 is 11.0. The number of anilines is 1. The van der Waals surface area contributed by atoms with Crippen LogP contribution in [-0.4, -0.2) is 66.7 Å². The molecule has 5 rings (SSSR count). The van der Waals surface area contributed by atoms with Gasteiger partial charge in [0.1, 0.15) is 17.6 Å². The lowest BCUT2D eigenvalue weighted by molar-refractivity contribution is -0.122. The van der Waals surface area contributed by atoms with E-state index in [0.29, 0.717) is 50.3 Å². The first-order valence-electron chi connectivity index (χ1n) is 18.4. The van der Waals surface area contributed by atoms with E-state index in [9.17, 15) is 19.5 Å². The number of unbranched alkanes of at least 4 members (excludes halogenated alkanes) is 2. The van der Waals surface area contributed by atoms with Crippen molar-refractivity contribution < 1.29 is 28.6 Å². The number of benzene rings is 3. The van der Waals surface area contributed by atoms with E-state index in [-0.39, 0.29) is 29.7 Å². The third-order valence-corrected chi connectivity index (χ3v) is 9.27. The molecule has 1 fully saturated rings. The summed E-state index contributed by atoms with van der Waals surface area (Å²) in [7, 11) is 0. The summed E-state index contributed by atoms with van der Waals surface area (Å²) >= 11 is 0. The zero-order valence-electron chi connectivity index (χ0n) is 29.7. The summed E-state index contributed by atoms with van der Waals surface area (Å²) in [6.45, 7) is 4.00. The third-order valence-electron chi connectivity index (χ3n) is 9.27. The highest BCUT2D eigenvalue weighted by Gasteiger charge is 2.23. The number of furan rings is 1. The molecule has 1 aromatic heterocycles. The van der Waals surface area contributed by atoms with E-state index in [1.54, 1.807) is 24.5 Å². The average molecular weight is 710 g/mol. The van der Waals surface area contributed by atoms with Gasteiger partial charge < -0.3 is 35.1 Å². The summed E-state index contributed by atoms with van der Waals surface area (Å²) in [6.07, 6.45) is 6.64. The van der Waals surface area contributed by atoms with Crippen LogP contribution >= 0.6 is 0 Å². The van der Waals surface area contributed by atoms with E-state index in [0.717, 1.165) is 68.4 Å². The molecular weight excluding hydrogens is 658 g/mol. The van der Waals surface area contributed by atoms with Gasteiger partial charge in [0, 0.05) is 50.6 Å². The van der Waals surface area contributed by atoms with Gasteiger partial charge in [0.05, 0.1) is 18.5 Å². The number of hydrogen-bond donors (Lipinski definition) is 5. The molecule has 2 heterocycles. The molecule has 3 aromatic carbocycles. The molecule has 3 amide bonds. The first kappa shape index (κ1) is 38.1. The van der Waals surface area contributed by atoms with Gasteiger partial charge in [-0.05, 0) is 80.1 Å². The van der Waals surface area contributed by atoms with Crippen LogP contribution in [0.2, 0.25) is 0 Å². The number of rotatable bonds is 19. The molecule has 5 N–H and O–H groups in total. The van der Waals surface area contributed by atoms with Crippen LogP contribution < -0.4 is 21.3 Å². The molecule has 0 aliphatic carbocycles. The highest BCUT2D eigenvalue weighted by Crippen LogP contribution is 2.28. The van der Waals surface area contributed by atoms with Crippen molar-refractivity contribution in [1.29, 1.82) is 0 Å². The number of phenols is 1. The Morgan fingerprint density at radius 3 is 2.31 bits per heavy atom. The fourth-order valence-corrected chi connectivity index (χ4v) is 6.34. The van der Waals surface area contributed by atoms with Gasteiger partial charge in [-0.2, -0.15) is 0 Å². The maximum atomic E-state index is 12.7. The predicted octanol–water partition coefficient (Wildman–Crippen LogP) is 6.77. The van der Waals surface area contributed by atoms with Gasteiger partial charge in [0.2, 0.25) is 11.8 Å². The minimum Gasteiger partial charge on any atom is -0.508 e. The summed E-state index contributed by atoms with van der Waals surface area (Å²) in [4.78, 5) is 39.9. The Kier molecular flexibility index (Phi) is 15.1. The number of aromatic hydroxyl groups is 1. The van der Waals surface area contributed by atoms with Gasteiger partial charge in [-0.15, -0.1) is 0 Å². The first-order chi connectivity index (χ1) is 25.4. The quantitative estimate of drug-likeness (QED) is 0.0672. The molecule has 1 atom stereocenters. The summed E-state index contributed by atoms with van der Waals surface area (Å²) in [6, 6.07) is 28.3. The van der Waals surface area contributed by atoms with Crippen molar-refractivity contribution in [2.24, 2.45) is 0 Å². The number of piperidine rings is 1. The van der Waals surface area contributed by atoms with Crippen molar-refractivity contribution in [2.75, 3.05) is 38.0 Å². The molecule has 276 valence electrons. The first-order valence-corrected chi connectivity index (χ1v) is 18.4. The maximum absolute atomic E-state index is 12.7. The van der Waals surface area contributed by atoms with E-state index in [2.05, 4.69) is 26.2 Å². The van der Waals surface area contributed by atoms with Crippen LogP contribution in [0.5, 0.6) is 5.75 Å². The number of carbonyl (C=O) groups excluding carboxylic acids is 3. The van der Waals surface area contributed by atoms with E-state index in [1.165, 1.54) is 0 Å². The maximum Gasteiger partial charge on any atom is 0.411 e. The highest BCUT2D eigenvalue weighted by atomic mass is 16.6. The topological polar surface area (TPSA) is 145 Å². The zero-order chi connectivity index (χ0) is 36.4. The Balaban J connectivity index is 0.911. The highest BCUT2D eigenvalue weighted by molar-refractivity contribution is 5.91. The molecule has 0 radical (unpaired) electrons. The summed E-state index contributed by atoms with van der Waals surface area (Å²) in [5, 5.41) is 22.1. The number of likely N-dealkylation sites (tertiary alicyclic amines) is 1. The molecule has 4 aromatic rings. The van der Waals surface area contributed by atoms with E-state index in [1.807, 2.05) is 72.8 Å². The third kappa shape index (κ3) is 12.9. The average Bonchev–Trinajstić information content (AvgIpc) is 3.69. The number of ether oxygens (including phenoxy) is 1. The molecule has 1 saturated heterocycles. The Labute approximate surface area is 306 Å². The molecule has 0 spiro atoms. The second-order valence-electron chi connectivity index (χ2n) is 13.1. The molecule has 11 nitrogen and oxygen atoms in total. The molecule has 0 bridgehead atoms. The summed E-state index contributed by atoms with van der Waals surface area (Å²) in [5.41, 5.74) is 3.71. The van der Waals surface area contributed by atoms with Gasteiger partial charge in [-0.25, -0.2) is 4.79 Å². The van der Waals surface area contributed by atoms with Gasteiger partial charge >= 0.3 is 6.09 Å². The van der Waals surface area contributed by atoms with Crippen LogP contribution in [0.3, 0.4) is 0 Å². The number of phenolic OH excluding ortho intramolecular Hbond substituents is 1. The normalized spacial score (nSPS) is 14.0. The SMILES string of the molecule is O=C(CCN1CCC(OC(=O)Nc2ccccc2-c2ccccc2)CC1)NCCCCCNC(CCC(=O)NCc1ccco1)c1ccc(O)cc1. The van der Waals surface area contributed by atoms with Crippen LogP contribution in [0.1, 0.15) is 68.7 Å².